The molecule has 0 aromatic carbocycles. The number of hydrogen-bond acceptors (Lipinski definition) is 2. The van der Waals surface area contributed by atoms with Gasteiger partial charge in [0.25, 0.3) is 0 Å². The molecule has 0 bridgehead atoms. The first kappa shape index (κ1) is 9.56. The second kappa shape index (κ2) is 4.39. The molecule has 0 aliphatic heterocycles. The largest absolute Gasteiger partial charge is 0.198 e. The van der Waals surface area contributed by atoms with Crippen LogP contribution in [0.25, 0.3) is 0 Å². The van der Waals surface area contributed by atoms with Crippen LogP contribution < -0.4 is 0 Å². The molecule has 0 rings (SSSR count). The minimum Gasteiger partial charge on any atom is -0.198 e. The maximum atomic E-state index is 8.26. The van der Waals surface area contributed by atoms with Crippen LogP contribution in [0.1, 0.15) is 12.8 Å². The van der Waals surface area contributed by atoms with Crippen LogP contribution in [0.15, 0.2) is 0 Å². The predicted octanol–water partition coefficient (Wildman–Crippen LogP) is 2.03. The van der Waals surface area contributed by atoms with E-state index in [0.29, 0.717) is 0 Å². The number of nitriles is 2. The fraction of sp³-hybridized carbons (Fsp3) is 0.667. The van der Waals surface area contributed by atoms with Crippen LogP contribution in [0.3, 0.4) is 0 Å². The Bertz CT molecular complexity index is 161. The third-order valence-corrected chi connectivity index (χ3v) is 2.08. The Morgan fingerprint density at radius 2 is 1.60 bits per heavy atom. The van der Waals surface area contributed by atoms with Gasteiger partial charge in [-0.3, -0.25) is 0 Å². The van der Waals surface area contributed by atoms with Gasteiger partial charge in [-0.2, -0.15) is 10.5 Å². The highest BCUT2D eigenvalue weighted by molar-refractivity contribution is 6.31. The summed E-state index contributed by atoms with van der Waals surface area (Å²) in [6.07, 6.45) is 0.233. The van der Waals surface area contributed by atoms with Crippen molar-refractivity contribution < 1.29 is 0 Å². The predicted molar refractivity (Wildman–Crippen MR) is 39.8 cm³/mol. The van der Waals surface area contributed by atoms with Gasteiger partial charge in [0.15, 0.2) is 0 Å². The molecule has 0 atom stereocenters. The minimum atomic E-state index is -0.842. The number of nitrogens with zero attached hydrogens (tertiary/aromatic N) is 2. The van der Waals surface area contributed by atoms with Crippen LogP contribution in [0.2, 0.25) is 0 Å². The summed E-state index contributed by atoms with van der Waals surface area (Å²) >= 11 is 11.2. The van der Waals surface area contributed by atoms with Gasteiger partial charge in [-0.15, -0.1) is 23.2 Å². The summed E-state index contributed by atoms with van der Waals surface area (Å²) in [5, 5.41) is 16.5. The Labute approximate surface area is 70.0 Å². The highest BCUT2D eigenvalue weighted by Gasteiger charge is 2.25. The summed E-state index contributed by atoms with van der Waals surface area (Å²) in [6.45, 7) is 0. The van der Waals surface area contributed by atoms with Crippen molar-refractivity contribution in [1.29, 1.82) is 10.5 Å². The van der Waals surface area contributed by atoms with E-state index in [4.69, 9.17) is 33.7 Å². The molecule has 0 radical (unpaired) electrons. The molecule has 0 aromatic rings. The molecule has 0 saturated heterocycles. The average Bonchev–Trinajstić information content (AvgIpc) is 1.89. The molecule has 10 heavy (non-hydrogen) atoms. The molecule has 0 aliphatic carbocycles. The molecule has 0 spiro atoms. The Morgan fingerprint density at radius 1 is 1.20 bits per heavy atom. The number of alkyl halides is 2. The van der Waals surface area contributed by atoms with Crippen LogP contribution in [0.4, 0.5) is 0 Å². The summed E-state index contributed by atoms with van der Waals surface area (Å²) < 4.78 is 0. The third kappa shape index (κ3) is 2.92. The van der Waals surface area contributed by atoms with Gasteiger partial charge in [-0.05, 0) is 0 Å². The molecule has 0 saturated carbocycles. The van der Waals surface area contributed by atoms with Crippen LogP contribution in [0, 0.1) is 22.7 Å². The fourth-order valence-corrected chi connectivity index (χ4v) is 0.749. The average molecular weight is 177 g/mol. The van der Waals surface area contributed by atoms with Gasteiger partial charge in [0.05, 0.1) is 29.9 Å². The number of rotatable bonds is 3. The Morgan fingerprint density at radius 3 is 1.80 bits per heavy atom. The summed E-state index contributed by atoms with van der Waals surface area (Å²) in [7, 11) is 0. The first-order chi connectivity index (χ1) is 4.68. The summed E-state index contributed by atoms with van der Waals surface area (Å²) in [5.41, 5.74) is 0. The van der Waals surface area contributed by atoms with Gasteiger partial charge in [-0.25, -0.2) is 0 Å². The summed E-state index contributed by atoms with van der Waals surface area (Å²) in [6, 6.07) is 3.75. The molecular formula is C6H6Cl2N2. The number of halogens is 2. The van der Waals surface area contributed by atoms with Crippen molar-refractivity contribution in [3.8, 4) is 12.1 Å². The van der Waals surface area contributed by atoms with E-state index >= 15 is 0 Å². The summed E-state index contributed by atoms with van der Waals surface area (Å²) in [4.78, 5) is -0.842. The van der Waals surface area contributed by atoms with Gasteiger partial charge in [-0.1, -0.05) is 0 Å². The van der Waals surface area contributed by atoms with Crippen LogP contribution in [0.5, 0.6) is 0 Å². The Hall–Kier alpha value is -0.440. The van der Waals surface area contributed by atoms with Crippen molar-refractivity contribution in [2.75, 3.05) is 5.88 Å². The topological polar surface area (TPSA) is 47.6 Å². The van der Waals surface area contributed by atoms with E-state index in [2.05, 4.69) is 0 Å². The van der Waals surface area contributed by atoms with E-state index in [-0.39, 0.29) is 18.7 Å². The van der Waals surface area contributed by atoms with E-state index in [9.17, 15) is 0 Å². The SMILES string of the molecule is N#CCC(Cl)(CCl)CC#N. The van der Waals surface area contributed by atoms with Gasteiger partial charge < -0.3 is 0 Å². The quantitative estimate of drug-likeness (QED) is 0.619. The lowest BCUT2D eigenvalue weighted by Crippen LogP contribution is -2.21. The van der Waals surface area contributed by atoms with Gasteiger partial charge >= 0.3 is 0 Å². The van der Waals surface area contributed by atoms with Crippen molar-refractivity contribution in [2.24, 2.45) is 0 Å². The second-order valence-electron chi connectivity index (χ2n) is 1.95. The van der Waals surface area contributed by atoms with E-state index in [1.54, 1.807) is 0 Å². The lowest BCUT2D eigenvalue weighted by molar-refractivity contribution is 0.669. The highest BCUT2D eigenvalue weighted by Crippen LogP contribution is 2.24. The van der Waals surface area contributed by atoms with Crippen LogP contribution >= 0.6 is 23.2 Å². The molecule has 2 nitrogen and oxygen atoms in total. The van der Waals surface area contributed by atoms with Gasteiger partial charge in [0, 0.05) is 5.88 Å². The van der Waals surface area contributed by atoms with Gasteiger partial charge in [0.1, 0.15) is 0 Å². The van der Waals surface area contributed by atoms with Crippen LogP contribution in [-0.2, 0) is 0 Å². The minimum absolute atomic E-state index is 0.117. The molecule has 0 aromatic heterocycles. The van der Waals surface area contributed by atoms with Crippen molar-refractivity contribution in [3.63, 3.8) is 0 Å². The zero-order chi connectivity index (χ0) is 8.04. The monoisotopic (exact) mass is 176 g/mol. The smallest absolute Gasteiger partial charge is 0.0840 e. The van der Waals surface area contributed by atoms with E-state index in [1.807, 2.05) is 12.1 Å². The third-order valence-electron chi connectivity index (χ3n) is 1.03. The fourth-order valence-electron chi connectivity index (χ4n) is 0.440. The van der Waals surface area contributed by atoms with E-state index < -0.39 is 4.87 Å². The van der Waals surface area contributed by atoms with Gasteiger partial charge in [0.2, 0.25) is 0 Å². The summed E-state index contributed by atoms with van der Waals surface area (Å²) in [5.74, 6) is 0.135. The maximum absolute atomic E-state index is 8.26. The van der Waals surface area contributed by atoms with Crippen molar-refractivity contribution in [2.45, 2.75) is 17.7 Å². The molecule has 0 fully saturated rings. The Balaban J connectivity index is 4.00. The highest BCUT2D eigenvalue weighted by atomic mass is 35.5. The molecule has 0 amide bonds. The lowest BCUT2D eigenvalue weighted by atomic mass is 10.1. The van der Waals surface area contributed by atoms with Crippen molar-refractivity contribution in [3.05, 3.63) is 0 Å². The maximum Gasteiger partial charge on any atom is 0.0840 e. The first-order valence-electron chi connectivity index (χ1n) is 2.67. The molecule has 0 N–H and O–H groups in total. The Kier molecular flexibility index (Phi) is 4.19. The normalized spacial score (nSPS) is 10.0. The van der Waals surface area contributed by atoms with Crippen molar-refractivity contribution >= 4 is 23.2 Å². The zero-order valence-electron chi connectivity index (χ0n) is 5.27. The van der Waals surface area contributed by atoms with Crippen molar-refractivity contribution in [1.82, 2.24) is 0 Å². The zero-order valence-corrected chi connectivity index (χ0v) is 6.78. The number of hydrogen-bond donors (Lipinski definition) is 0. The molecule has 4 heteroatoms. The van der Waals surface area contributed by atoms with Crippen LogP contribution in [-0.4, -0.2) is 10.8 Å². The van der Waals surface area contributed by atoms with E-state index in [0.717, 1.165) is 0 Å². The molecule has 0 unspecified atom stereocenters. The lowest BCUT2D eigenvalue weighted by Gasteiger charge is -2.15. The second-order valence-corrected chi connectivity index (χ2v) is 3.02. The molecule has 54 valence electrons. The first-order valence-corrected chi connectivity index (χ1v) is 3.58. The standard InChI is InChI=1S/C6H6Cl2N2/c7-5-6(8,1-3-9)2-4-10/h1-2,5H2. The molecule has 0 aliphatic rings. The van der Waals surface area contributed by atoms with E-state index in [1.165, 1.54) is 0 Å². The molecule has 0 heterocycles. The molecular weight excluding hydrogens is 171 g/mol.